The highest BCUT2D eigenvalue weighted by Crippen LogP contribution is 2.23. The second kappa shape index (κ2) is 10.1. The Balaban J connectivity index is 1.68. The number of nitrogens with two attached hydrogens (primary N) is 1. The molecule has 0 atom stereocenters. The van der Waals surface area contributed by atoms with Crippen molar-refractivity contribution in [1.82, 2.24) is 5.32 Å². The summed E-state index contributed by atoms with van der Waals surface area (Å²) < 4.78 is 13.4. The predicted octanol–water partition coefficient (Wildman–Crippen LogP) is 2.54. The molecular weight excluding hydrogens is 347 g/mol. The van der Waals surface area contributed by atoms with Crippen LogP contribution < -0.4 is 16.4 Å². The fourth-order valence-electron chi connectivity index (χ4n) is 2.72. The topological polar surface area (TPSA) is 111 Å². The average molecular weight is 370 g/mol. The highest BCUT2D eigenvalue weighted by Gasteiger charge is 2.07. The molecule has 0 aliphatic heterocycles. The van der Waals surface area contributed by atoms with Crippen LogP contribution in [0.15, 0.2) is 36.4 Å². The number of nitrogens with zero attached hydrogens (tertiary/aromatic N) is 1. The number of carboxylic acids is 1. The lowest BCUT2D eigenvalue weighted by atomic mass is 10.1. The van der Waals surface area contributed by atoms with Gasteiger partial charge in [-0.25, -0.2) is 4.39 Å². The summed E-state index contributed by atoms with van der Waals surface area (Å²) in [6, 6.07) is 11.9. The fourth-order valence-corrected chi connectivity index (χ4v) is 2.72. The van der Waals surface area contributed by atoms with E-state index in [9.17, 15) is 9.18 Å². The van der Waals surface area contributed by atoms with Crippen molar-refractivity contribution < 1.29 is 14.3 Å². The summed E-state index contributed by atoms with van der Waals surface area (Å²) in [4.78, 5) is 10.8. The van der Waals surface area contributed by atoms with Crippen LogP contribution in [0.25, 0.3) is 0 Å². The molecule has 27 heavy (non-hydrogen) atoms. The largest absolute Gasteiger partial charge is 0.481 e. The number of carbonyl (C=O) groups is 1. The minimum atomic E-state index is -0.835. The summed E-state index contributed by atoms with van der Waals surface area (Å²) >= 11 is 0. The number of hydrogen-bond donors (Lipinski definition) is 4. The van der Waals surface area contributed by atoms with Crippen molar-refractivity contribution >= 4 is 17.3 Å². The molecule has 0 bridgehead atoms. The second-order valence-electron chi connectivity index (χ2n) is 6.20. The maximum absolute atomic E-state index is 13.4. The molecule has 5 N–H and O–H groups in total. The molecule has 142 valence electrons. The molecule has 0 saturated carbocycles. The Morgan fingerprint density at radius 1 is 1.19 bits per heavy atom. The number of rotatable bonds is 10. The van der Waals surface area contributed by atoms with Gasteiger partial charge in [-0.15, -0.1) is 0 Å². The van der Waals surface area contributed by atoms with E-state index in [-0.39, 0.29) is 17.7 Å². The van der Waals surface area contributed by atoms with Gasteiger partial charge in [0, 0.05) is 6.54 Å². The van der Waals surface area contributed by atoms with Gasteiger partial charge >= 0.3 is 5.97 Å². The third-order valence-electron chi connectivity index (χ3n) is 4.05. The van der Waals surface area contributed by atoms with Crippen LogP contribution in [0.1, 0.15) is 23.1 Å². The molecule has 0 amide bonds. The highest BCUT2D eigenvalue weighted by molar-refractivity contribution is 5.73. The van der Waals surface area contributed by atoms with Crippen molar-refractivity contribution in [1.29, 1.82) is 5.26 Å². The van der Waals surface area contributed by atoms with E-state index in [2.05, 4.69) is 10.6 Å². The molecule has 0 spiro atoms. The Bertz CT molecular complexity index is 833. The van der Waals surface area contributed by atoms with Crippen LogP contribution in [0.5, 0.6) is 0 Å². The zero-order chi connectivity index (χ0) is 19.6. The van der Waals surface area contributed by atoms with Crippen LogP contribution in [-0.2, 0) is 17.6 Å². The number of carboxylic acid groups (broad SMARTS) is 1. The Morgan fingerprint density at radius 2 is 1.96 bits per heavy atom. The lowest BCUT2D eigenvalue weighted by Crippen LogP contribution is -2.21. The third-order valence-corrected chi connectivity index (χ3v) is 4.05. The fraction of sp³-hybridized carbons (Fsp3) is 0.300. The van der Waals surface area contributed by atoms with Gasteiger partial charge in [0.15, 0.2) is 0 Å². The number of benzene rings is 2. The van der Waals surface area contributed by atoms with E-state index < -0.39 is 11.8 Å². The molecular formula is C20H23FN4O2. The number of nitrogen functional groups attached to an aromatic ring is 1. The van der Waals surface area contributed by atoms with Gasteiger partial charge in [0.25, 0.3) is 0 Å². The molecule has 0 saturated heterocycles. The standard InChI is InChI=1S/C20H23FN4O2/c21-17-11-16(13-22)20(23)18(12-17)25-7-2-6-24-8-5-14-3-1-4-15(9-14)10-19(26)27/h1,3-4,9,11-12,24-25H,2,5-8,10,23H2,(H,26,27). The highest BCUT2D eigenvalue weighted by atomic mass is 19.1. The minimum Gasteiger partial charge on any atom is -0.481 e. The van der Waals surface area contributed by atoms with Crippen LogP contribution in [-0.4, -0.2) is 30.7 Å². The van der Waals surface area contributed by atoms with E-state index in [0.717, 1.165) is 43.1 Å². The molecule has 2 rings (SSSR count). The summed E-state index contributed by atoms with van der Waals surface area (Å²) in [6.45, 7) is 2.14. The van der Waals surface area contributed by atoms with Crippen LogP contribution in [0, 0.1) is 17.1 Å². The third kappa shape index (κ3) is 6.60. The monoisotopic (exact) mass is 370 g/mol. The Labute approximate surface area is 157 Å². The molecule has 7 heteroatoms. The Morgan fingerprint density at radius 3 is 2.70 bits per heavy atom. The van der Waals surface area contributed by atoms with Gasteiger partial charge in [0.05, 0.1) is 23.4 Å². The number of halogens is 1. The smallest absolute Gasteiger partial charge is 0.307 e. The molecule has 6 nitrogen and oxygen atoms in total. The van der Waals surface area contributed by atoms with Crippen molar-refractivity contribution in [3.05, 3.63) is 58.9 Å². The van der Waals surface area contributed by atoms with Crippen molar-refractivity contribution in [2.45, 2.75) is 19.3 Å². The zero-order valence-electron chi connectivity index (χ0n) is 15.0. The van der Waals surface area contributed by atoms with Gasteiger partial charge in [-0.1, -0.05) is 24.3 Å². The molecule has 2 aromatic carbocycles. The summed E-state index contributed by atoms with van der Waals surface area (Å²) in [5.41, 5.74) is 8.54. The summed E-state index contributed by atoms with van der Waals surface area (Å²) in [5, 5.41) is 24.1. The van der Waals surface area contributed by atoms with Crippen molar-refractivity contribution in [3.63, 3.8) is 0 Å². The molecule has 0 radical (unpaired) electrons. The summed E-state index contributed by atoms with van der Waals surface area (Å²) in [5.74, 6) is -1.33. The number of nitriles is 1. The molecule has 0 unspecified atom stereocenters. The maximum Gasteiger partial charge on any atom is 0.307 e. The van der Waals surface area contributed by atoms with E-state index in [1.165, 1.54) is 6.07 Å². The van der Waals surface area contributed by atoms with Crippen molar-refractivity contribution in [2.75, 3.05) is 30.7 Å². The summed E-state index contributed by atoms with van der Waals surface area (Å²) in [7, 11) is 0. The van der Waals surface area contributed by atoms with E-state index in [1.54, 1.807) is 0 Å². The second-order valence-corrected chi connectivity index (χ2v) is 6.20. The zero-order valence-corrected chi connectivity index (χ0v) is 15.0. The molecule has 0 fully saturated rings. The van der Waals surface area contributed by atoms with Gasteiger partial charge in [-0.3, -0.25) is 4.79 Å². The number of nitrogens with one attached hydrogen (secondary N) is 2. The van der Waals surface area contributed by atoms with Gasteiger partial charge < -0.3 is 21.5 Å². The number of aliphatic carboxylic acids is 1. The summed E-state index contributed by atoms with van der Waals surface area (Å²) in [6.07, 6.45) is 1.64. The normalized spacial score (nSPS) is 10.4. The first-order valence-electron chi connectivity index (χ1n) is 8.73. The Kier molecular flexibility index (Phi) is 7.59. The van der Waals surface area contributed by atoms with Crippen LogP contribution in [0.3, 0.4) is 0 Å². The van der Waals surface area contributed by atoms with E-state index in [0.29, 0.717) is 12.2 Å². The van der Waals surface area contributed by atoms with E-state index >= 15 is 0 Å². The van der Waals surface area contributed by atoms with Crippen molar-refractivity contribution in [3.8, 4) is 6.07 Å². The van der Waals surface area contributed by atoms with Crippen molar-refractivity contribution in [2.24, 2.45) is 0 Å². The lowest BCUT2D eigenvalue weighted by molar-refractivity contribution is -0.136. The van der Waals surface area contributed by atoms with E-state index in [4.69, 9.17) is 16.1 Å². The van der Waals surface area contributed by atoms with Crippen LogP contribution in [0.2, 0.25) is 0 Å². The quantitative estimate of drug-likeness (QED) is 0.378. The predicted molar refractivity (Wildman–Crippen MR) is 103 cm³/mol. The first-order valence-corrected chi connectivity index (χ1v) is 8.73. The first-order chi connectivity index (χ1) is 13.0. The van der Waals surface area contributed by atoms with Gasteiger partial charge in [0.1, 0.15) is 11.9 Å². The molecule has 0 aliphatic carbocycles. The van der Waals surface area contributed by atoms with Crippen LogP contribution in [0.4, 0.5) is 15.8 Å². The van der Waals surface area contributed by atoms with Gasteiger partial charge in [-0.2, -0.15) is 5.26 Å². The maximum atomic E-state index is 13.4. The van der Waals surface area contributed by atoms with Gasteiger partial charge in [0.2, 0.25) is 0 Å². The molecule has 0 heterocycles. The number of hydrogen-bond acceptors (Lipinski definition) is 5. The molecule has 0 aromatic heterocycles. The first kappa shape index (κ1) is 20.2. The SMILES string of the molecule is N#Cc1cc(F)cc(NCCCNCCc2cccc(CC(=O)O)c2)c1N. The van der Waals surface area contributed by atoms with E-state index in [1.807, 2.05) is 30.3 Å². The van der Waals surface area contributed by atoms with Crippen LogP contribution >= 0.6 is 0 Å². The van der Waals surface area contributed by atoms with Gasteiger partial charge in [-0.05, 0) is 49.2 Å². The Hall–Kier alpha value is -3.11. The average Bonchev–Trinajstić information content (AvgIpc) is 2.63. The minimum absolute atomic E-state index is 0.0314. The molecule has 0 aliphatic rings. The number of anilines is 2. The lowest BCUT2D eigenvalue weighted by Gasteiger charge is -2.11. The molecule has 2 aromatic rings.